The van der Waals surface area contributed by atoms with Crippen molar-refractivity contribution in [3.8, 4) is 0 Å². The van der Waals surface area contributed by atoms with Crippen LogP contribution in [0.5, 0.6) is 0 Å². The van der Waals surface area contributed by atoms with Gasteiger partial charge in [0.25, 0.3) is 0 Å². The van der Waals surface area contributed by atoms with Gasteiger partial charge in [-0.05, 0) is 30.5 Å². The van der Waals surface area contributed by atoms with Gasteiger partial charge in [0, 0.05) is 19.6 Å². The number of rotatable bonds is 4. The molecule has 6 heteroatoms. The molecule has 0 radical (unpaired) electrons. The zero-order chi connectivity index (χ0) is 16.2. The minimum atomic E-state index is -4.34. The molecule has 1 N–H and O–H groups in total. The molecule has 1 unspecified atom stereocenters. The lowest BCUT2D eigenvalue weighted by molar-refractivity contribution is -0.137. The van der Waals surface area contributed by atoms with E-state index in [2.05, 4.69) is 5.32 Å². The molecule has 1 aromatic carbocycles. The molecule has 0 aliphatic heterocycles. The molecule has 0 saturated carbocycles. The van der Waals surface area contributed by atoms with Crippen LogP contribution in [0.15, 0.2) is 24.3 Å². The van der Waals surface area contributed by atoms with Crippen molar-refractivity contribution >= 4 is 6.03 Å². The van der Waals surface area contributed by atoms with Gasteiger partial charge in [0.2, 0.25) is 0 Å². The summed E-state index contributed by atoms with van der Waals surface area (Å²) in [6.45, 7) is 6.17. The maximum atomic E-state index is 12.5. The molecule has 0 aliphatic rings. The van der Waals surface area contributed by atoms with E-state index < -0.39 is 11.7 Å². The third-order valence-corrected chi connectivity index (χ3v) is 3.40. The molecule has 2 amide bonds. The number of urea groups is 1. The van der Waals surface area contributed by atoms with Crippen LogP contribution in [0.4, 0.5) is 18.0 Å². The highest BCUT2D eigenvalue weighted by atomic mass is 19.4. The Morgan fingerprint density at radius 1 is 1.19 bits per heavy atom. The standard InChI is InChI=1S/C15H21F3N2O/c1-10(2)11(3)19-14(21)20(4)9-12-5-7-13(8-6-12)15(16,17)18/h5-8,10-11H,9H2,1-4H3,(H,19,21). The van der Waals surface area contributed by atoms with E-state index in [4.69, 9.17) is 0 Å². The van der Waals surface area contributed by atoms with Crippen molar-refractivity contribution in [2.45, 2.75) is 39.5 Å². The van der Waals surface area contributed by atoms with Crippen molar-refractivity contribution < 1.29 is 18.0 Å². The Hall–Kier alpha value is -1.72. The molecule has 118 valence electrons. The van der Waals surface area contributed by atoms with Gasteiger partial charge in [0.15, 0.2) is 0 Å². The number of halogens is 3. The minimum Gasteiger partial charge on any atom is -0.335 e. The molecule has 0 fully saturated rings. The summed E-state index contributed by atoms with van der Waals surface area (Å²) in [5.41, 5.74) is -0.0374. The monoisotopic (exact) mass is 302 g/mol. The number of alkyl halides is 3. The van der Waals surface area contributed by atoms with Crippen molar-refractivity contribution in [2.75, 3.05) is 7.05 Å². The van der Waals surface area contributed by atoms with Crippen molar-refractivity contribution in [3.05, 3.63) is 35.4 Å². The van der Waals surface area contributed by atoms with Crippen LogP contribution < -0.4 is 5.32 Å². The summed E-state index contributed by atoms with van der Waals surface area (Å²) in [6.07, 6.45) is -4.34. The van der Waals surface area contributed by atoms with Gasteiger partial charge in [0.1, 0.15) is 0 Å². The lowest BCUT2D eigenvalue weighted by Crippen LogP contribution is -2.43. The Labute approximate surface area is 123 Å². The van der Waals surface area contributed by atoms with Gasteiger partial charge in [-0.2, -0.15) is 13.2 Å². The maximum absolute atomic E-state index is 12.5. The number of hydrogen-bond donors (Lipinski definition) is 1. The summed E-state index contributed by atoms with van der Waals surface area (Å²) in [4.78, 5) is 13.4. The molecule has 0 saturated heterocycles. The quantitative estimate of drug-likeness (QED) is 0.899. The average Bonchev–Trinajstić information content (AvgIpc) is 2.37. The van der Waals surface area contributed by atoms with Gasteiger partial charge in [-0.1, -0.05) is 26.0 Å². The van der Waals surface area contributed by atoms with Gasteiger partial charge in [0.05, 0.1) is 5.56 Å². The van der Waals surface area contributed by atoms with Crippen LogP contribution in [-0.2, 0) is 12.7 Å². The topological polar surface area (TPSA) is 32.3 Å². The van der Waals surface area contributed by atoms with E-state index in [9.17, 15) is 18.0 Å². The Kier molecular flexibility index (Phi) is 5.63. The third-order valence-electron chi connectivity index (χ3n) is 3.40. The number of nitrogens with one attached hydrogen (secondary N) is 1. The molecule has 0 bridgehead atoms. The molecule has 1 aromatic rings. The minimum absolute atomic E-state index is 0.0348. The van der Waals surface area contributed by atoms with E-state index in [1.165, 1.54) is 17.0 Å². The Morgan fingerprint density at radius 3 is 2.14 bits per heavy atom. The fourth-order valence-electron chi connectivity index (χ4n) is 1.62. The number of carbonyl (C=O) groups excluding carboxylic acids is 1. The zero-order valence-electron chi connectivity index (χ0n) is 12.7. The van der Waals surface area contributed by atoms with Crippen molar-refractivity contribution in [3.63, 3.8) is 0 Å². The summed E-state index contributed by atoms with van der Waals surface area (Å²) in [7, 11) is 1.61. The molecule has 21 heavy (non-hydrogen) atoms. The van der Waals surface area contributed by atoms with Crippen LogP contribution in [0.3, 0.4) is 0 Å². The number of hydrogen-bond acceptors (Lipinski definition) is 1. The molecule has 1 rings (SSSR count). The zero-order valence-corrected chi connectivity index (χ0v) is 12.7. The SMILES string of the molecule is CC(C)C(C)NC(=O)N(C)Cc1ccc(C(F)(F)F)cc1. The summed E-state index contributed by atoms with van der Waals surface area (Å²) in [6, 6.07) is 4.62. The van der Waals surface area contributed by atoms with Crippen LogP contribution in [0, 0.1) is 5.92 Å². The number of carbonyl (C=O) groups is 1. The second kappa shape index (κ2) is 6.83. The lowest BCUT2D eigenvalue weighted by Gasteiger charge is -2.23. The first-order chi connectivity index (χ1) is 9.61. The predicted octanol–water partition coefficient (Wildman–Crippen LogP) is 3.89. The van der Waals surface area contributed by atoms with Crippen LogP contribution in [-0.4, -0.2) is 24.0 Å². The lowest BCUT2D eigenvalue weighted by atomic mass is 10.1. The van der Waals surface area contributed by atoms with Crippen LogP contribution in [0.25, 0.3) is 0 Å². The Balaban J connectivity index is 2.62. The maximum Gasteiger partial charge on any atom is 0.416 e. The van der Waals surface area contributed by atoms with Gasteiger partial charge >= 0.3 is 12.2 Å². The predicted molar refractivity (Wildman–Crippen MR) is 75.7 cm³/mol. The normalized spacial score (nSPS) is 13.1. The summed E-state index contributed by atoms with van der Waals surface area (Å²) in [5, 5.41) is 2.84. The summed E-state index contributed by atoms with van der Waals surface area (Å²) >= 11 is 0. The van der Waals surface area contributed by atoms with Crippen LogP contribution in [0.2, 0.25) is 0 Å². The first-order valence-corrected chi connectivity index (χ1v) is 6.79. The van der Waals surface area contributed by atoms with Crippen molar-refractivity contribution in [1.82, 2.24) is 10.2 Å². The van der Waals surface area contributed by atoms with Gasteiger partial charge in [-0.25, -0.2) is 4.79 Å². The van der Waals surface area contributed by atoms with Gasteiger partial charge in [-0.3, -0.25) is 0 Å². The second-order valence-electron chi connectivity index (χ2n) is 5.53. The molecule has 3 nitrogen and oxygen atoms in total. The van der Waals surface area contributed by atoms with Gasteiger partial charge < -0.3 is 10.2 Å². The van der Waals surface area contributed by atoms with E-state index in [0.717, 1.165) is 12.1 Å². The van der Waals surface area contributed by atoms with E-state index in [0.29, 0.717) is 11.5 Å². The second-order valence-corrected chi connectivity index (χ2v) is 5.53. The molecular weight excluding hydrogens is 281 g/mol. The molecule has 0 spiro atoms. The number of nitrogens with zero attached hydrogens (tertiary/aromatic N) is 1. The van der Waals surface area contributed by atoms with E-state index in [-0.39, 0.29) is 18.6 Å². The third kappa shape index (κ3) is 5.28. The number of amides is 2. The van der Waals surface area contributed by atoms with Crippen LogP contribution >= 0.6 is 0 Å². The number of benzene rings is 1. The highest BCUT2D eigenvalue weighted by molar-refractivity contribution is 5.74. The van der Waals surface area contributed by atoms with Crippen LogP contribution in [0.1, 0.15) is 31.9 Å². The molecule has 0 aromatic heterocycles. The highest BCUT2D eigenvalue weighted by Gasteiger charge is 2.30. The van der Waals surface area contributed by atoms with Crippen molar-refractivity contribution in [2.24, 2.45) is 5.92 Å². The summed E-state index contributed by atoms with van der Waals surface area (Å²) in [5.74, 6) is 0.313. The largest absolute Gasteiger partial charge is 0.416 e. The molecule has 1 atom stereocenters. The smallest absolute Gasteiger partial charge is 0.335 e. The highest BCUT2D eigenvalue weighted by Crippen LogP contribution is 2.29. The van der Waals surface area contributed by atoms with E-state index in [1.807, 2.05) is 20.8 Å². The average molecular weight is 302 g/mol. The van der Waals surface area contributed by atoms with E-state index >= 15 is 0 Å². The first-order valence-electron chi connectivity index (χ1n) is 6.79. The molecular formula is C15H21F3N2O. The fraction of sp³-hybridized carbons (Fsp3) is 0.533. The Morgan fingerprint density at radius 2 is 1.71 bits per heavy atom. The molecule has 0 aliphatic carbocycles. The van der Waals surface area contributed by atoms with E-state index in [1.54, 1.807) is 7.05 Å². The molecule has 0 heterocycles. The Bertz CT molecular complexity index is 469. The van der Waals surface area contributed by atoms with Gasteiger partial charge in [-0.15, -0.1) is 0 Å². The summed E-state index contributed by atoms with van der Waals surface area (Å²) < 4.78 is 37.4. The first kappa shape index (κ1) is 17.3. The van der Waals surface area contributed by atoms with Crippen molar-refractivity contribution in [1.29, 1.82) is 0 Å². The fourth-order valence-corrected chi connectivity index (χ4v) is 1.62.